The molecule has 29 heavy (non-hydrogen) atoms. The van der Waals surface area contributed by atoms with E-state index in [2.05, 4.69) is 22.6 Å². The number of hydrogen-bond donors (Lipinski definition) is 0. The number of fused-ring (bicyclic) bond motifs is 1. The van der Waals surface area contributed by atoms with Crippen LogP contribution in [-0.4, -0.2) is 24.4 Å². The van der Waals surface area contributed by atoms with E-state index in [4.69, 9.17) is 21.7 Å². The summed E-state index contributed by atoms with van der Waals surface area (Å²) in [7, 11) is 3.20. The zero-order valence-electron chi connectivity index (χ0n) is 15.6. The van der Waals surface area contributed by atoms with E-state index in [9.17, 15) is 4.79 Å². The third-order valence-corrected chi connectivity index (χ3v) is 6.66. The van der Waals surface area contributed by atoms with Crippen molar-refractivity contribution in [1.82, 2.24) is 0 Å². The molecule has 1 aliphatic rings. The maximum atomic E-state index is 13.2. The highest BCUT2D eigenvalue weighted by Gasteiger charge is 2.34. The van der Waals surface area contributed by atoms with Crippen molar-refractivity contribution in [3.63, 3.8) is 0 Å². The minimum atomic E-state index is -0.124. The molecule has 0 atom stereocenters. The predicted octanol–water partition coefficient (Wildman–Crippen LogP) is 5.87. The molecule has 0 bridgehead atoms. The Labute approximate surface area is 192 Å². The Kier molecular flexibility index (Phi) is 5.80. The fourth-order valence-electron chi connectivity index (χ4n) is 3.25. The largest absolute Gasteiger partial charge is 0.493 e. The van der Waals surface area contributed by atoms with Crippen LogP contribution in [0.4, 0.5) is 5.69 Å². The third kappa shape index (κ3) is 3.74. The van der Waals surface area contributed by atoms with Crippen LogP contribution in [0.3, 0.4) is 0 Å². The number of ether oxygens (including phenoxy) is 2. The first-order valence-corrected chi connectivity index (χ1v) is 11.0. The second-order valence-electron chi connectivity index (χ2n) is 6.25. The highest BCUT2D eigenvalue weighted by atomic mass is 127. The lowest BCUT2D eigenvalue weighted by molar-refractivity contribution is -0.113. The lowest BCUT2D eigenvalue weighted by Crippen LogP contribution is -2.27. The monoisotopic (exact) mass is 533 g/mol. The van der Waals surface area contributed by atoms with Gasteiger partial charge < -0.3 is 9.47 Å². The molecule has 0 spiro atoms. The van der Waals surface area contributed by atoms with Crippen molar-refractivity contribution in [3.05, 3.63) is 68.6 Å². The van der Waals surface area contributed by atoms with Gasteiger partial charge in [-0.1, -0.05) is 60.4 Å². The van der Waals surface area contributed by atoms with Crippen molar-refractivity contribution in [1.29, 1.82) is 0 Å². The van der Waals surface area contributed by atoms with Crippen LogP contribution in [0.5, 0.6) is 11.5 Å². The molecule has 1 fully saturated rings. The second kappa shape index (κ2) is 8.33. The topological polar surface area (TPSA) is 38.8 Å². The molecule has 3 aromatic rings. The zero-order chi connectivity index (χ0) is 20.5. The van der Waals surface area contributed by atoms with Gasteiger partial charge in [-0.15, -0.1) is 0 Å². The van der Waals surface area contributed by atoms with E-state index in [1.54, 1.807) is 19.1 Å². The second-order valence-corrected chi connectivity index (χ2v) is 9.09. The normalized spacial score (nSPS) is 15.4. The Hall–Kier alpha value is -2.10. The molecule has 146 valence electrons. The van der Waals surface area contributed by atoms with Gasteiger partial charge in [0.25, 0.3) is 5.91 Å². The van der Waals surface area contributed by atoms with Crippen LogP contribution in [0.2, 0.25) is 0 Å². The summed E-state index contributed by atoms with van der Waals surface area (Å²) in [6, 6.07) is 17.7. The first-order chi connectivity index (χ1) is 14.0. The lowest BCUT2D eigenvalue weighted by atomic mass is 10.1. The molecule has 0 aliphatic carbocycles. The molecular formula is C22H16INO3S2. The Bertz CT molecular complexity index is 1170. The third-order valence-electron chi connectivity index (χ3n) is 4.55. The average molecular weight is 533 g/mol. The van der Waals surface area contributed by atoms with Crippen LogP contribution in [0.25, 0.3) is 16.8 Å². The fourth-order valence-corrected chi connectivity index (χ4v) is 5.38. The molecule has 4 nitrogen and oxygen atoms in total. The van der Waals surface area contributed by atoms with Crippen molar-refractivity contribution in [3.8, 4) is 11.5 Å². The molecular weight excluding hydrogens is 517 g/mol. The number of amides is 1. The highest BCUT2D eigenvalue weighted by Crippen LogP contribution is 2.40. The summed E-state index contributed by atoms with van der Waals surface area (Å²) in [5, 5.41) is 2.06. The molecule has 7 heteroatoms. The summed E-state index contributed by atoms with van der Waals surface area (Å²) in [4.78, 5) is 15.4. The molecule has 0 radical (unpaired) electrons. The number of thioether (sulfide) groups is 1. The van der Waals surface area contributed by atoms with Gasteiger partial charge in [0.2, 0.25) is 0 Å². The lowest BCUT2D eigenvalue weighted by Gasteiger charge is -2.17. The summed E-state index contributed by atoms with van der Waals surface area (Å²) >= 11 is 9.05. The molecule has 1 saturated heterocycles. The van der Waals surface area contributed by atoms with Gasteiger partial charge in [-0.3, -0.25) is 9.69 Å². The predicted molar refractivity (Wildman–Crippen MR) is 132 cm³/mol. The Morgan fingerprint density at radius 2 is 1.83 bits per heavy atom. The van der Waals surface area contributed by atoms with Gasteiger partial charge in [0.1, 0.15) is 0 Å². The van der Waals surface area contributed by atoms with Gasteiger partial charge >= 0.3 is 0 Å². The SMILES string of the molecule is COc1cc(/C=C2\SC(=S)N(c3cccc4ccccc34)C2=O)cc(I)c1OC. The first kappa shape index (κ1) is 20.2. The van der Waals surface area contributed by atoms with Gasteiger partial charge in [0.15, 0.2) is 15.8 Å². The number of benzene rings is 3. The summed E-state index contributed by atoms with van der Waals surface area (Å²) in [5.74, 6) is 1.17. The van der Waals surface area contributed by atoms with Crippen molar-refractivity contribution in [2.24, 2.45) is 0 Å². The van der Waals surface area contributed by atoms with Crippen molar-refractivity contribution >= 4 is 79.3 Å². The maximum Gasteiger partial charge on any atom is 0.270 e. The minimum Gasteiger partial charge on any atom is -0.493 e. The molecule has 0 unspecified atom stereocenters. The zero-order valence-corrected chi connectivity index (χ0v) is 19.4. The van der Waals surface area contributed by atoms with Crippen LogP contribution >= 0.6 is 46.6 Å². The van der Waals surface area contributed by atoms with Gasteiger partial charge in [0, 0.05) is 5.39 Å². The smallest absolute Gasteiger partial charge is 0.270 e. The van der Waals surface area contributed by atoms with E-state index in [1.807, 2.05) is 60.7 Å². The summed E-state index contributed by atoms with van der Waals surface area (Å²) in [5.41, 5.74) is 1.65. The molecule has 0 aromatic heterocycles. The molecule has 1 heterocycles. The number of nitrogens with zero attached hydrogens (tertiary/aromatic N) is 1. The average Bonchev–Trinajstić information content (AvgIpc) is 3.00. The standard InChI is InChI=1S/C22H16INO3S2/c1-26-18-11-13(10-16(23)20(18)27-2)12-19-21(25)24(22(28)29-19)17-9-5-7-14-6-3-4-8-15(14)17/h3-12H,1-2H3/b19-12-. The van der Waals surface area contributed by atoms with Crippen molar-refractivity contribution in [2.75, 3.05) is 19.1 Å². The molecule has 0 saturated carbocycles. The quantitative estimate of drug-likeness (QED) is 0.239. The number of anilines is 1. The van der Waals surface area contributed by atoms with Gasteiger partial charge in [-0.25, -0.2) is 0 Å². The van der Waals surface area contributed by atoms with E-state index in [0.717, 1.165) is 25.6 Å². The van der Waals surface area contributed by atoms with Crippen LogP contribution in [-0.2, 0) is 4.79 Å². The summed E-state index contributed by atoms with van der Waals surface area (Å²) in [6.45, 7) is 0. The van der Waals surface area contributed by atoms with E-state index >= 15 is 0 Å². The number of rotatable bonds is 4. The van der Waals surface area contributed by atoms with E-state index < -0.39 is 0 Å². The van der Waals surface area contributed by atoms with Gasteiger partial charge in [0.05, 0.1) is 28.4 Å². The van der Waals surface area contributed by atoms with Crippen molar-refractivity contribution < 1.29 is 14.3 Å². The molecule has 3 aromatic carbocycles. The number of thiocarbonyl (C=S) groups is 1. The minimum absolute atomic E-state index is 0.124. The van der Waals surface area contributed by atoms with Gasteiger partial charge in [-0.05, 0) is 57.8 Å². The summed E-state index contributed by atoms with van der Waals surface area (Å²) < 4.78 is 12.2. The first-order valence-electron chi connectivity index (χ1n) is 8.70. The molecule has 1 aliphatic heterocycles. The van der Waals surface area contributed by atoms with E-state index in [0.29, 0.717) is 20.7 Å². The molecule has 4 rings (SSSR count). The highest BCUT2D eigenvalue weighted by molar-refractivity contribution is 14.1. The van der Waals surface area contributed by atoms with Crippen LogP contribution in [0.1, 0.15) is 5.56 Å². The Morgan fingerprint density at radius 3 is 2.59 bits per heavy atom. The van der Waals surface area contributed by atoms with Crippen LogP contribution < -0.4 is 14.4 Å². The Balaban J connectivity index is 1.75. The van der Waals surface area contributed by atoms with Crippen LogP contribution in [0, 0.1) is 3.57 Å². The number of methoxy groups -OCH3 is 2. The number of carbonyl (C=O) groups is 1. The number of carbonyl (C=O) groups excluding carboxylic acids is 1. The van der Waals surface area contributed by atoms with E-state index in [-0.39, 0.29) is 5.91 Å². The number of hydrogen-bond acceptors (Lipinski definition) is 5. The Morgan fingerprint density at radius 1 is 1.07 bits per heavy atom. The fraction of sp³-hybridized carbons (Fsp3) is 0.0909. The van der Waals surface area contributed by atoms with E-state index in [1.165, 1.54) is 11.8 Å². The maximum absolute atomic E-state index is 13.2. The number of halogens is 1. The molecule has 1 amide bonds. The molecule has 0 N–H and O–H groups in total. The summed E-state index contributed by atoms with van der Waals surface area (Å²) in [6.07, 6.45) is 1.84. The van der Waals surface area contributed by atoms with Crippen molar-refractivity contribution in [2.45, 2.75) is 0 Å². The van der Waals surface area contributed by atoms with Gasteiger partial charge in [-0.2, -0.15) is 0 Å². The van der Waals surface area contributed by atoms with Crippen LogP contribution in [0.15, 0.2) is 59.5 Å².